The summed E-state index contributed by atoms with van der Waals surface area (Å²) in [7, 11) is 7.80. The summed E-state index contributed by atoms with van der Waals surface area (Å²) in [5.41, 5.74) is 4.30. The zero-order chi connectivity index (χ0) is 35.6. The lowest BCUT2D eigenvalue weighted by atomic mass is 9.79. The first kappa shape index (κ1) is 35.0. The Hall–Kier alpha value is -5.91. The van der Waals surface area contributed by atoms with Gasteiger partial charge in [-0.15, -0.1) is 0 Å². The van der Waals surface area contributed by atoms with Crippen molar-refractivity contribution in [1.82, 2.24) is 0 Å². The molecule has 48 heavy (non-hydrogen) atoms. The minimum absolute atomic E-state index is 0.124. The molecule has 0 aliphatic heterocycles. The van der Waals surface area contributed by atoms with E-state index in [1.54, 1.807) is 0 Å². The highest BCUT2D eigenvalue weighted by Gasteiger charge is 2.29. The second kappa shape index (κ2) is 13.8. The number of aromatic hydroxyl groups is 3. The molecule has 0 aliphatic rings. The van der Waals surface area contributed by atoms with Crippen LogP contribution < -0.4 is 14.2 Å². The number of phenolic OH excluding ortho intramolecular Hbond substituents is 3. The lowest BCUT2D eigenvalue weighted by Crippen LogP contribution is -2.08. The number of phenols is 3. The van der Waals surface area contributed by atoms with E-state index in [9.17, 15) is 29.7 Å². The van der Waals surface area contributed by atoms with Crippen LogP contribution in [0.5, 0.6) is 34.5 Å². The van der Waals surface area contributed by atoms with Crippen LogP contribution in [0.2, 0.25) is 0 Å². The molecular weight excluding hydrogens is 624 g/mol. The number of benzene rings is 4. The third-order valence-electron chi connectivity index (χ3n) is 8.23. The molecule has 0 unspecified atom stereocenters. The van der Waals surface area contributed by atoms with E-state index in [0.717, 1.165) is 0 Å². The molecule has 4 rings (SSSR count). The fourth-order valence-corrected chi connectivity index (χ4v) is 6.05. The number of hydrogen-bond acceptors (Lipinski definition) is 12. The largest absolute Gasteiger partial charge is 0.507 e. The van der Waals surface area contributed by atoms with Crippen molar-refractivity contribution in [3.05, 3.63) is 69.8 Å². The van der Waals surface area contributed by atoms with Crippen molar-refractivity contribution in [2.24, 2.45) is 0 Å². The van der Waals surface area contributed by atoms with Gasteiger partial charge in [0.25, 0.3) is 0 Å². The molecule has 0 aromatic heterocycles. The van der Waals surface area contributed by atoms with E-state index in [4.69, 9.17) is 28.4 Å². The second-order valence-corrected chi connectivity index (χ2v) is 10.7. The first-order chi connectivity index (χ1) is 22.8. The first-order valence-electron chi connectivity index (χ1n) is 14.4. The Labute approximate surface area is 277 Å². The molecule has 0 saturated carbocycles. The molecule has 0 fully saturated rings. The van der Waals surface area contributed by atoms with Crippen molar-refractivity contribution in [2.75, 3.05) is 42.7 Å². The quantitative estimate of drug-likeness (QED) is 0.139. The number of methoxy groups -OCH3 is 6. The van der Waals surface area contributed by atoms with Gasteiger partial charge in [-0.05, 0) is 72.4 Å². The van der Waals surface area contributed by atoms with E-state index in [1.807, 2.05) is 20.8 Å². The van der Waals surface area contributed by atoms with E-state index in [0.29, 0.717) is 50.1 Å². The van der Waals surface area contributed by atoms with Crippen molar-refractivity contribution in [3.8, 4) is 67.9 Å². The summed E-state index contributed by atoms with van der Waals surface area (Å²) in [4.78, 5) is 38.2. The van der Waals surface area contributed by atoms with Gasteiger partial charge in [0.15, 0.2) is 0 Å². The number of hydrogen-bond donors (Lipinski definition) is 3. The van der Waals surface area contributed by atoms with Crippen LogP contribution in [0, 0.1) is 20.8 Å². The molecule has 3 N–H and O–H groups in total. The summed E-state index contributed by atoms with van der Waals surface area (Å²) in [5, 5.41) is 32.1. The third kappa shape index (κ3) is 5.88. The monoisotopic (exact) mass is 660 g/mol. The number of carbonyl (C=O) groups excluding carboxylic acids is 3. The van der Waals surface area contributed by atoms with Gasteiger partial charge in [-0.25, -0.2) is 14.4 Å². The van der Waals surface area contributed by atoms with Gasteiger partial charge in [0.05, 0.1) is 42.7 Å². The van der Waals surface area contributed by atoms with Crippen LogP contribution in [0.15, 0.2) is 36.4 Å². The average molecular weight is 661 g/mol. The standard InChI is InChI=1S/C36H36O12/c1-16-31(22-10-19(34(40)46-7)25(37)13-28(22)43-4)17(2)33(24-12-21(36(42)48-9)27(39)15-30(24)45-6)18(3)32(16)23-11-20(35(41)47-8)26(38)14-29(23)44-5/h10-15,37-39H,1-9H3. The van der Waals surface area contributed by atoms with Crippen LogP contribution in [0.25, 0.3) is 33.4 Å². The summed E-state index contributed by atoms with van der Waals surface area (Å²) >= 11 is 0. The normalized spacial score (nSPS) is 10.7. The predicted octanol–water partition coefficient (Wildman–Crippen LogP) is 6.12. The Bertz CT molecular complexity index is 1710. The number of rotatable bonds is 9. The maximum atomic E-state index is 12.7. The molecule has 0 amide bonds. The molecule has 12 nitrogen and oxygen atoms in total. The minimum atomic E-state index is -0.787. The van der Waals surface area contributed by atoms with Crippen LogP contribution in [0.4, 0.5) is 0 Å². The van der Waals surface area contributed by atoms with E-state index in [-0.39, 0.29) is 51.2 Å². The maximum Gasteiger partial charge on any atom is 0.341 e. The highest BCUT2D eigenvalue weighted by Crippen LogP contribution is 2.51. The lowest BCUT2D eigenvalue weighted by Gasteiger charge is -2.26. The Morgan fingerprint density at radius 3 is 0.854 bits per heavy atom. The molecule has 0 radical (unpaired) electrons. The molecule has 0 bridgehead atoms. The highest BCUT2D eigenvalue weighted by molar-refractivity contribution is 6.02. The van der Waals surface area contributed by atoms with E-state index in [2.05, 4.69) is 0 Å². The fraction of sp³-hybridized carbons (Fsp3) is 0.250. The Morgan fingerprint density at radius 1 is 0.438 bits per heavy atom. The Morgan fingerprint density at radius 2 is 0.667 bits per heavy atom. The van der Waals surface area contributed by atoms with Crippen molar-refractivity contribution in [2.45, 2.75) is 20.8 Å². The van der Waals surface area contributed by atoms with Gasteiger partial charge in [-0.3, -0.25) is 0 Å². The number of esters is 3. The average Bonchev–Trinajstić information content (AvgIpc) is 3.08. The zero-order valence-electron chi connectivity index (χ0n) is 28.0. The van der Waals surface area contributed by atoms with Crippen molar-refractivity contribution < 1.29 is 58.1 Å². The summed E-state index contributed by atoms with van der Waals surface area (Å²) in [6.07, 6.45) is 0. The van der Waals surface area contributed by atoms with Crippen molar-refractivity contribution in [3.63, 3.8) is 0 Å². The van der Waals surface area contributed by atoms with Crippen LogP contribution in [0.1, 0.15) is 47.8 Å². The second-order valence-electron chi connectivity index (χ2n) is 10.7. The summed E-state index contributed by atoms with van der Waals surface area (Å²) in [6.45, 7) is 5.45. The highest BCUT2D eigenvalue weighted by atomic mass is 16.5. The molecule has 0 saturated heterocycles. The maximum absolute atomic E-state index is 12.7. The molecule has 0 heterocycles. The minimum Gasteiger partial charge on any atom is -0.507 e. The topological polar surface area (TPSA) is 167 Å². The number of carbonyl (C=O) groups is 3. The molecule has 0 atom stereocenters. The smallest absolute Gasteiger partial charge is 0.341 e. The summed E-state index contributed by atoms with van der Waals surface area (Å²) < 4.78 is 31.8. The van der Waals surface area contributed by atoms with Crippen LogP contribution in [-0.2, 0) is 14.2 Å². The van der Waals surface area contributed by atoms with Gasteiger partial charge < -0.3 is 43.7 Å². The first-order valence-corrected chi connectivity index (χ1v) is 14.4. The van der Waals surface area contributed by atoms with Crippen LogP contribution in [-0.4, -0.2) is 75.9 Å². The molecule has 12 heteroatoms. The molecule has 0 aliphatic carbocycles. The zero-order valence-corrected chi connectivity index (χ0v) is 28.0. The number of ether oxygens (including phenoxy) is 6. The van der Waals surface area contributed by atoms with Gasteiger partial charge in [0.1, 0.15) is 51.2 Å². The van der Waals surface area contributed by atoms with Gasteiger partial charge in [0, 0.05) is 34.9 Å². The third-order valence-corrected chi connectivity index (χ3v) is 8.23. The Balaban J connectivity index is 2.32. The van der Waals surface area contributed by atoms with Crippen LogP contribution in [0.3, 0.4) is 0 Å². The molecule has 0 spiro atoms. The van der Waals surface area contributed by atoms with Crippen molar-refractivity contribution >= 4 is 17.9 Å². The van der Waals surface area contributed by atoms with Gasteiger partial charge >= 0.3 is 17.9 Å². The van der Waals surface area contributed by atoms with Gasteiger partial charge in [-0.2, -0.15) is 0 Å². The summed E-state index contributed by atoms with van der Waals surface area (Å²) in [6, 6.07) is 8.23. The van der Waals surface area contributed by atoms with E-state index in [1.165, 1.54) is 79.1 Å². The van der Waals surface area contributed by atoms with Crippen molar-refractivity contribution in [1.29, 1.82) is 0 Å². The van der Waals surface area contributed by atoms with Gasteiger partial charge in [0.2, 0.25) is 0 Å². The lowest BCUT2D eigenvalue weighted by molar-refractivity contribution is 0.0588. The van der Waals surface area contributed by atoms with E-state index < -0.39 is 17.9 Å². The van der Waals surface area contributed by atoms with Gasteiger partial charge in [-0.1, -0.05) is 0 Å². The molecule has 252 valence electrons. The SMILES string of the molecule is COC(=O)c1cc(-c2c(C)c(-c3cc(C(=O)OC)c(O)cc3OC)c(C)c(-c3cc(C(=O)OC)c(O)cc3OC)c2C)c(OC)cc1O. The Kier molecular flexibility index (Phi) is 10.1. The fourth-order valence-electron chi connectivity index (χ4n) is 6.05. The predicted molar refractivity (Wildman–Crippen MR) is 176 cm³/mol. The molecular formula is C36H36O12. The van der Waals surface area contributed by atoms with Crippen LogP contribution >= 0.6 is 0 Å². The molecule has 4 aromatic rings. The summed E-state index contributed by atoms with van der Waals surface area (Å²) in [5.74, 6) is -2.81. The van der Waals surface area contributed by atoms with E-state index >= 15 is 0 Å². The molecule has 4 aromatic carbocycles.